The molecule has 1 aromatic carbocycles. The fraction of sp³-hybridized carbons (Fsp3) is 0.364. The van der Waals surface area contributed by atoms with E-state index in [9.17, 15) is 8.42 Å². The van der Waals surface area contributed by atoms with E-state index < -0.39 is 15.3 Å². The number of benzene rings is 1. The SMILES string of the molecule is CCC(C(N)=S)S(=O)(=O)Nc1cc(C)ccc1Cl. The minimum absolute atomic E-state index is 0.0474. The molecule has 100 valence electrons. The van der Waals surface area contributed by atoms with Crippen LogP contribution in [-0.2, 0) is 10.0 Å². The number of aryl methyl sites for hydroxylation is 1. The van der Waals surface area contributed by atoms with Gasteiger partial charge in [0.2, 0.25) is 10.0 Å². The first-order valence-corrected chi connectivity index (χ1v) is 7.68. The minimum Gasteiger partial charge on any atom is -0.392 e. The van der Waals surface area contributed by atoms with Crippen LogP contribution < -0.4 is 10.5 Å². The van der Waals surface area contributed by atoms with Crippen LogP contribution in [0.1, 0.15) is 18.9 Å². The third-order valence-corrected chi connectivity index (χ3v) is 5.04. The minimum atomic E-state index is -3.66. The molecule has 0 saturated carbocycles. The first kappa shape index (κ1) is 15.2. The van der Waals surface area contributed by atoms with Crippen molar-refractivity contribution in [1.29, 1.82) is 0 Å². The first-order valence-electron chi connectivity index (χ1n) is 5.35. The molecule has 0 aliphatic carbocycles. The van der Waals surface area contributed by atoms with Gasteiger partial charge in [-0.25, -0.2) is 8.42 Å². The molecule has 1 rings (SSSR count). The molecule has 1 atom stereocenters. The summed E-state index contributed by atoms with van der Waals surface area (Å²) in [7, 11) is -3.66. The maximum Gasteiger partial charge on any atom is 0.242 e. The number of hydrogen-bond acceptors (Lipinski definition) is 3. The van der Waals surface area contributed by atoms with E-state index in [-0.39, 0.29) is 4.99 Å². The second-order valence-electron chi connectivity index (χ2n) is 3.93. The van der Waals surface area contributed by atoms with E-state index in [4.69, 9.17) is 29.6 Å². The van der Waals surface area contributed by atoms with E-state index in [1.807, 2.05) is 6.92 Å². The van der Waals surface area contributed by atoms with Gasteiger partial charge in [-0.1, -0.05) is 36.8 Å². The molecule has 1 aromatic rings. The number of thiocarbonyl (C=S) groups is 1. The van der Waals surface area contributed by atoms with Crippen molar-refractivity contribution in [3.05, 3.63) is 28.8 Å². The van der Waals surface area contributed by atoms with Crippen molar-refractivity contribution in [1.82, 2.24) is 0 Å². The summed E-state index contributed by atoms with van der Waals surface area (Å²) in [4.78, 5) is -0.0474. The number of halogens is 1. The molecule has 0 bridgehead atoms. The zero-order valence-electron chi connectivity index (χ0n) is 10.1. The summed E-state index contributed by atoms with van der Waals surface area (Å²) >= 11 is 10.7. The van der Waals surface area contributed by atoms with Gasteiger partial charge in [0.05, 0.1) is 15.7 Å². The van der Waals surface area contributed by atoms with Gasteiger partial charge in [-0.15, -0.1) is 0 Å². The maximum absolute atomic E-state index is 12.1. The Bertz CT molecular complexity index is 558. The predicted octanol–water partition coefficient (Wildman–Crippen LogP) is 2.45. The lowest BCUT2D eigenvalue weighted by Crippen LogP contribution is -2.37. The van der Waals surface area contributed by atoms with Crippen molar-refractivity contribution >= 4 is 44.5 Å². The van der Waals surface area contributed by atoms with Crippen LogP contribution in [0.2, 0.25) is 5.02 Å². The molecular weight excluding hydrogens is 292 g/mol. The Hall–Kier alpha value is -0.850. The van der Waals surface area contributed by atoms with E-state index in [0.29, 0.717) is 17.1 Å². The highest BCUT2D eigenvalue weighted by Crippen LogP contribution is 2.25. The van der Waals surface area contributed by atoms with Crippen LogP contribution >= 0.6 is 23.8 Å². The Morgan fingerprint density at radius 3 is 2.67 bits per heavy atom. The normalized spacial score (nSPS) is 13.1. The van der Waals surface area contributed by atoms with Crippen molar-refractivity contribution in [3.63, 3.8) is 0 Å². The second kappa shape index (κ2) is 5.86. The molecule has 0 aliphatic heterocycles. The van der Waals surface area contributed by atoms with Crippen LogP contribution in [0.15, 0.2) is 18.2 Å². The lowest BCUT2D eigenvalue weighted by atomic mass is 10.2. The number of hydrogen-bond donors (Lipinski definition) is 2. The first-order chi connectivity index (χ1) is 8.27. The number of rotatable bonds is 5. The van der Waals surface area contributed by atoms with Gasteiger partial charge in [-0.2, -0.15) is 0 Å². The van der Waals surface area contributed by atoms with Gasteiger partial charge in [0.25, 0.3) is 0 Å². The average Bonchev–Trinajstić information content (AvgIpc) is 2.22. The molecule has 0 radical (unpaired) electrons. The third kappa shape index (κ3) is 3.57. The fourth-order valence-corrected chi connectivity index (χ4v) is 3.65. The van der Waals surface area contributed by atoms with Gasteiger partial charge in [0.15, 0.2) is 0 Å². The lowest BCUT2D eigenvalue weighted by molar-refractivity contribution is 0.594. The molecule has 0 spiro atoms. The molecule has 18 heavy (non-hydrogen) atoms. The van der Waals surface area contributed by atoms with E-state index in [1.54, 1.807) is 25.1 Å². The van der Waals surface area contributed by atoms with Crippen LogP contribution in [0.3, 0.4) is 0 Å². The number of nitrogens with two attached hydrogens (primary N) is 1. The van der Waals surface area contributed by atoms with E-state index in [0.717, 1.165) is 5.56 Å². The molecule has 4 nitrogen and oxygen atoms in total. The van der Waals surface area contributed by atoms with Gasteiger partial charge >= 0.3 is 0 Å². The van der Waals surface area contributed by atoms with Crippen molar-refractivity contribution in [2.45, 2.75) is 25.5 Å². The number of anilines is 1. The Morgan fingerprint density at radius 1 is 1.56 bits per heavy atom. The molecule has 0 aliphatic rings. The lowest BCUT2D eigenvalue weighted by Gasteiger charge is -2.17. The maximum atomic E-state index is 12.1. The monoisotopic (exact) mass is 306 g/mol. The molecule has 0 saturated heterocycles. The smallest absolute Gasteiger partial charge is 0.242 e. The summed E-state index contributed by atoms with van der Waals surface area (Å²) in [5.41, 5.74) is 6.68. The van der Waals surface area contributed by atoms with E-state index >= 15 is 0 Å². The molecule has 0 fully saturated rings. The largest absolute Gasteiger partial charge is 0.392 e. The molecule has 0 aromatic heterocycles. The van der Waals surface area contributed by atoms with Gasteiger partial charge < -0.3 is 5.73 Å². The molecule has 1 unspecified atom stereocenters. The number of nitrogens with one attached hydrogen (secondary N) is 1. The second-order valence-corrected chi connectivity index (χ2v) is 6.67. The Balaban J connectivity index is 3.09. The quantitative estimate of drug-likeness (QED) is 0.820. The standard InChI is InChI=1S/C11H15ClN2O2S2/c1-3-10(11(13)17)18(15,16)14-9-6-7(2)4-5-8(9)12/h4-6,10,14H,3H2,1-2H3,(H2,13,17). The zero-order valence-corrected chi connectivity index (χ0v) is 12.5. The topological polar surface area (TPSA) is 72.2 Å². The van der Waals surface area contributed by atoms with Crippen LogP contribution in [0.4, 0.5) is 5.69 Å². The average molecular weight is 307 g/mol. The Kier molecular flexibility index (Phi) is 4.95. The van der Waals surface area contributed by atoms with Crippen molar-refractivity contribution in [2.75, 3.05) is 4.72 Å². The summed E-state index contributed by atoms with van der Waals surface area (Å²) in [6.45, 7) is 3.56. The number of sulfonamides is 1. The summed E-state index contributed by atoms with van der Waals surface area (Å²) < 4.78 is 26.6. The van der Waals surface area contributed by atoms with Gasteiger partial charge in [0.1, 0.15) is 5.25 Å². The van der Waals surface area contributed by atoms with E-state index in [1.165, 1.54) is 0 Å². The summed E-state index contributed by atoms with van der Waals surface area (Å²) in [6, 6.07) is 5.09. The van der Waals surface area contributed by atoms with E-state index in [2.05, 4.69) is 4.72 Å². The summed E-state index contributed by atoms with van der Waals surface area (Å²) in [5, 5.41) is -0.564. The summed E-state index contributed by atoms with van der Waals surface area (Å²) in [6.07, 6.45) is 0.314. The Labute approximate surface area is 118 Å². The van der Waals surface area contributed by atoms with Crippen LogP contribution in [-0.4, -0.2) is 18.7 Å². The highest BCUT2D eigenvalue weighted by Gasteiger charge is 2.26. The van der Waals surface area contributed by atoms with Crippen LogP contribution in [0.5, 0.6) is 0 Å². The molecule has 7 heteroatoms. The van der Waals surface area contributed by atoms with Crippen molar-refractivity contribution in [3.8, 4) is 0 Å². The van der Waals surface area contributed by atoms with Gasteiger partial charge in [-0.05, 0) is 31.0 Å². The fourth-order valence-electron chi connectivity index (χ4n) is 1.52. The van der Waals surface area contributed by atoms with Crippen molar-refractivity contribution < 1.29 is 8.42 Å². The highest BCUT2D eigenvalue weighted by molar-refractivity contribution is 7.95. The zero-order chi connectivity index (χ0) is 13.9. The predicted molar refractivity (Wildman–Crippen MR) is 79.6 cm³/mol. The van der Waals surface area contributed by atoms with Crippen LogP contribution in [0.25, 0.3) is 0 Å². The summed E-state index contributed by atoms with van der Waals surface area (Å²) in [5.74, 6) is 0. The van der Waals surface area contributed by atoms with Crippen LogP contribution in [0, 0.1) is 6.92 Å². The van der Waals surface area contributed by atoms with Crippen molar-refractivity contribution in [2.24, 2.45) is 5.73 Å². The molecule has 0 heterocycles. The Morgan fingerprint density at radius 2 is 2.17 bits per heavy atom. The third-order valence-electron chi connectivity index (χ3n) is 2.44. The molecule has 0 amide bonds. The van der Waals surface area contributed by atoms with Gasteiger partial charge in [-0.3, -0.25) is 4.72 Å². The molecular formula is C11H15ClN2O2S2. The highest BCUT2D eigenvalue weighted by atomic mass is 35.5. The van der Waals surface area contributed by atoms with Gasteiger partial charge in [0, 0.05) is 0 Å². The molecule has 3 N–H and O–H groups in total.